The minimum Gasteiger partial charge on any atom is -0.508 e. The molecule has 6 amide bonds. The molecule has 15 N–H and O–H groups in total. The molecule has 340 valence electrons. The maximum absolute atomic E-state index is 14.0. The number of nitrogens with two attached hydrogens (primary N) is 3. The highest BCUT2D eigenvalue weighted by atomic mass is 16.4. The van der Waals surface area contributed by atoms with Gasteiger partial charge in [-0.2, -0.15) is 0 Å². The molecule has 0 unspecified atom stereocenters. The largest absolute Gasteiger partial charge is 0.508 e. The van der Waals surface area contributed by atoms with Crippen LogP contribution in [0.15, 0.2) is 59.6 Å². The van der Waals surface area contributed by atoms with Gasteiger partial charge in [0.15, 0.2) is 5.96 Å². The number of benzene rings is 2. The number of rotatable bonds is 26. The predicted molar refractivity (Wildman–Crippen MR) is 227 cm³/mol. The number of hydrogen-bond acceptors (Lipinski definition) is 11. The summed E-state index contributed by atoms with van der Waals surface area (Å²) in [4.78, 5) is 108. The number of phenolic OH excluding ortho intramolecular Hbond substituents is 1. The van der Waals surface area contributed by atoms with Crippen molar-refractivity contribution in [2.75, 3.05) is 6.54 Å². The topological polar surface area (TPSA) is 360 Å². The van der Waals surface area contributed by atoms with Crippen LogP contribution >= 0.6 is 0 Å². The first kappa shape index (κ1) is 51.4. The zero-order valence-electron chi connectivity index (χ0n) is 35.3. The maximum atomic E-state index is 14.0. The minimum absolute atomic E-state index is 0.0122. The van der Waals surface area contributed by atoms with E-state index in [2.05, 4.69) is 36.9 Å². The van der Waals surface area contributed by atoms with E-state index in [9.17, 15) is 53.7 Å². The van der Waals surface area contributed by atoms with Crippen molar-refractivity contribution in [3.8, 4) is 5.75 Å². The maximum Gasteiger partial charge on any atom is 0.326 e. The van der Waals surface area contributed by atoms with Gasteiger partial charge in [-0.1, -0.05) is 56.3 Å². The van der Waals surface area contributed by atoms with Crippen molar-refractivity contribution in [1.82, 2.24) is 31.9 Å². The van der Waals surface area contributed by atoms with Crippen molar-refractivity contribution in [2.45, 2.75) is 115 Å². The number of guanidine groups is 1. The van der Waals surface area contributed by atoms with Crippen LogP contribution in [0.4, 0.5) is 0 Å². The molecular weight excluding hydrogens is 809 g/mol. The number of aromatic hydroxyl groups is 1. The number of carbonyl (C=O) groups is 8. The second kappa shape index (κ2) is 25.8. The molecular formula is C41H60N10O11. The Labute approximate surface area is 359 Å². The van der Waals surface area contributed by atoms with Crippen LogP contribution in [-0.4, -0.2) is 117 Å². The Morgan fingerprint density at radius 2 is 1.10 bits per heavy atom. The van der Waals surface area contributed by atoms with Crippen molar-refractivity contribution in [3.05, 3.63) is 65.7 Å². The fourth-order valence-corrected chi connectivity index (χ4v) is 5.94. The summed E-state index contributed by atoms with van der Waals surface area (Å²) in [5.41, 5.74) is 18.0. The first-order valence-electron chi connectivity index (χ1n) is 20.1. The first-order chi connectivity index (χ1) is 29.2. The highest BCUT2D eigenvalue weighted by Crippen LogP contribution is 2.13. The Morgan fingerprint density at radius 3 is 1.66 bits per heavy atom. The van der Waals surface area contributed by atoms with Gasteiger partial charge in [0.1, 0.15) is 42.0 Å². The molecule has 21 nitrogen and oxygen atoms in total. The van der Waals surface area contributed by atoms with E-state index in [0.717, 1.165) is 5.56 Å². The average Bonchev–Trinajstić information content (AvgIpc) is 3.20. The van der Waals surface area contributed by atoms with Crippen LogP contribution in [0.25, 0.3) is 0 Å². The van der Waals surface area contributed by atoms with Crippen LogP contribution < -0.4 is 49.1 Å². The van der Waals surface area contributed by atoms with Crippen LogP contribution in [0.2, 0.25) is 0 Å². The molecule has 2 rings (SSSR count). The fraction of sp³-hybridized carbons (Fsp3) is 0.488. The highest BCUT2D eigenvalue weighted by Gasteiger charge is 2.33. The van der Waals surface area contributed by atoms with Gasteiger partial charge in [0.05, 0.1) is 6.04 Å². The number of carboxylic acids is 2. The van der Waals surface area contributed by atoms with Crippen molar-refractivity contribution < 1.29 is 53.7 Å². The molecule has 0 fully saturated rings. The van der Waals surface area contributed by atoms with Gasteiger partial charge in [-0.25, -0.2) is 4.79 Å². The Bertz CT molecular complexity index is 1870. The molecule has 0 spiro atoms. The number of aliphatic carboxylic acids is 2. The standard InChI is InChI=1S/C41H60N10O11/c1-22(2)19-31(38(59)48-29(16-17-33(53)54)37(58)49-30(40(61)62)11-8-18-45-41(43)44)51-39(60)32(21-26-12-14-27(52)15-13-26)50-35(56)24(4)46-34(55)23(3)47-36(57)28(42)20-25-9-6-5-7-10-25/h5-7,9-10,12-15,22-24,28-32,52H,8,11,16-21,42H2,1-4H3,(H,46,55)(H,47,57)(H,48,59)(H,49,58)(H,50,56)(H,51,60)(H,53,54)(H,61,62)(H4,43,44,45)/t23-,24-,28-,29-,30-,31-,32-/m0/s1. The lowest BCUT2D eigenvalue weighted by Crippen LogP contribution is -2.59. The predicted octanol–water partition coefficient (Wildman–Crippen LogP) is -1.50. The van der Waals surface area contributed by atoms with Gasteiger partial charge in [-0.3, -0.25) is 38.6 Å². The average molecular weight is 869 g/mol. The third-order valence-electron chi connectivity index (χ3n) is 9.33. The number of nitrogens with zero attached hydrogens (tertiary/aromatic N) is 1. The monoisotopic (exact) mass is 868 g/mol. The van der Waals surface area contributed by atoms with E-state index < -0.39 is 103 Å². The number of carboxylic acid groups (broad SMARTS) is 2. The molecule has 0 saturated heterocycles. The number of carbonyl (C=O) groups excluding carboxylic acids is 6. The van der Waals surface area contributed by atoms with E-state index >= 15 is 0 Å². The molecule has 2 aromatic carbocycles. The van der Waals surface area contributed by atoms with Crippen molar-refractivity contribution >= 4 is 53.3 Å². The summed E-state index contributed by atoms with van der Waals surface area (Å²) in [6.07, 6.45) is -0.854. The smallest absolute Gasteiger partial charge is 0.326 e. The lowest BCUT2D eigenvalue weighted by atomic mass is 10.00. The fourth-order valence-electron chi connectivity index (χ4n) is 5.94. The summed E-state index contributed by atoms with van der Waals surface area (Å²) in [5.74, 6) is -8.03. The summed E-state index contributed by atoms with van der Waals surface area (Å²) < 4.78 is 0. The molecule has 0 heterocycles. The highest BCUT2D eigenvalue weighted by molar-refractivity contribution is 5.97. The third kappa shape index (κ3) is 19.1. The Hall–Kier alpha value is -6.77. The second-order valence-electron chi connectivity index (χ2n) is 15.2. The molecule has 2 aromatic rings. The van der Waals surface area contributed by atoms with Crippen LogP contribution in [0.3, 0.4) is 0 Å². The molecule has 0 aliphatic heterocycles. The number of hydrogen-bond donors (Lipinski definition) is 12. The quantitative estimate of drug-likeness (QED) is 0.0291. The van der Waals surface area contributed by atoms with Crippen molar-refractivity contribution in [2.24, 2.45) is 28.1 Å². The summed E-state index contributed by atoms with van der Waals surface area (Å²) in [6.45, 7) is 6.34. The number of phenols is 1. The van der Waals surface area contributed by atoms with E-state index in [1.54, 1.807) is 26.0 Å². The lowest BCUT2D eigenvalue weighted by Gasteiger charge is -2.27. The Kier molecular flexibility index (Phi) is 21.3. The molecule has 7 atom stereocenters. The zero-order chi connectivity index (χ0) is 46.5. The van der Waals surface area contributed by atoms with Crippen molar-refractivity contribution in [1.29, 1.82) is 0 Å². The van der Waals surface area contributed by atoms with Gasteiger partial charge < -0.3 is 64.4 Å². The molecule has 0 aromatic heterocycles. The summed E-state index contributed by atoms with van der Waals surface area (Å²) in [5, 5.41) is 43.9. The third-order valence-corrected chi connectivity index (χ3v) is 9.33. The SMILES string of the molecule is CC(C)C[C@H](NC(=O)[C@H](Cc1ccc(O)cc1)NC(=O)[C@H](C)NC(=O)[C@H](C)NC(=O)[C@@H](N)Cc1ccccc1)C(=O)N[C@@H](CCC(=O)O)C(=O)N[C@@H](CCCN=C(N)N)C(=O)O. The molecule has 62 heavy (non-hydrogen) atoms. The summed E-state index contributed by atoms with van der Waals surface area (Å²) in [6, 6.07) is 5.82. The second-order valence-corrected chi connectivity index (χ2v) is 15.2. The van der Waals surface area contributed by atoms with E-state index in [1.807, 2.05) is 18.2 Å². The van der Waals surface area contributed by atoms with Gasteiger partial charge in [-0.15, -0.1) is 0 Å². The Balaban J connectivity index is 2.25. The molecule has 0 radical (unpaired) electrons. The van der Waals surface area contributed by atoms with Gasteiger partial charge in [0.25, 0.3) is 0 Å². The van der Waals surface area contributed by atoms with Crippen LogP contribution in [0.5, 0.6) is 5.75 Å². The van der Waals surface area contributed by atoms with E-state index in [4.69, 9.17) is 17.2 Å². The zero-order valence-corrected chi connectivity index (χ0v) is 35.3. The van der Waals surface area contributed by atoms with E-state index in [0.29, 0.717) is 5.56 Å². The van der Waals surface area contributed by atoms with Crippen LogP contribution in [0.1, 0.15) is 70.9 Å². The molecule has 21 heteroatoms. The molecule has 0 aliphatic carbocycles. The number of amides is 6. The summed E-state index contributed by atoms with van der Waals surface area (Å²) >= 11 is 0. The van der Waals surface area contributed by atoms with Gasteiger partial charge >= 0.3 is 11.9 Å². The van der Waals surface area contributed by atoms with Crippen molar-refractivity contribution in [3.63, 3.8) is 0 Å². The minimum atomic E-state index is -1.53. The molecule has 0 saturated carbocycles. The van der Waals surface area contributed by atoms with Gasteiger partial charge in [0, 0.05) is 19.4 Å². The van der Waals surface area contributed by atoms with Crippen LogP contribution in [0, 0.1) is 5.92 Å². The lowest BCUT2D eigenvalue weighted by molar-refractivity contribution is -0.143. The van der Waals surface area contributed by atoms with Gasteiger partial charge in [0.2, 0.25) is 35.4 Å². The van der Waals surface area contributed by atoms with Gasteiger partial charge in [-0.05, 0) is 75.1 Å². The van der Waals surface area contributed by atoms with E-state index in [1.165, 1.54) is 38.1 Å². The molecule has 0 bridgehead atoms. The molecule has 0 aliphatic rings. The number of nitrogens with one attached hydrogen (secondary N) is 6. The van der Waals surface area contributed by atoms with E-state index in [-0.39, 0.29) is 56.3 Å². The number of aliphatic imine (C=N–C) groups is 1. The Morgan fingerprint density at radius 1 is 0.597 bits per heavy atom. The first-order valence-corrected chi connectivity index (χ1v) is 20.1. The van der Waals surface area contributed by atoms with Crippen LogP contribution in [-0.2, 0) is 51.2 Å². The summed E-state index contributed by atoms with van der Waals surface area (Å²) in [7, 11) is 0. The normalized spacial score (nSPS) is 14.3.